The SMILES string of the molecule is Cc1cccc(CC(O)[C@@H]2C[C@@H](F)CN2)n1.Cc1cccc(CC(O)[C@@H]2C[C@@H](F)CN2C(=O)Cn2cc(C(N)=O)c3cc(-c4cnc(C)nc4)ccc32)n1.Cc1ncc(-c2ccc3c(c2)c(C(N)=O)cn3CC(=O)O)cn1.S.S=S. The second-order valence-electron chi connectivity index (χ2n) is 19.3. The van der Waals surface area contributed by atoms with Crippen molar-refractivity contribution >= 4 is 81.4 Å². The molecule has 2 aromatic carbocycles. The Labute approximate surface area is 477 Å². The van der Waals surface area contributed by atoms with Crippen molar-refractivity contribution in [2.75, 3.05) is 13.1 Å². The van der Waals surface area contributed by atoms with Crippen LogP contribution in [-0.4, -0.2) is 133 Å². The zero-order chi connectivity index (χ0) is 57.1. The van der Waals surface area contributed by atoms with Gasteiger partial charge in [0.05, 0.1) is 35.9 Å². The number of carboxylic acids is 1. The number of nitrogens with two attached hydrogens (primary N) is 2. The van der Waals surface area contributed by atoms with Crippen molar-refractivity contribution in [3.05, 3.63) is 156 Å². The summed E-state index contributed by atoms with van der Waals surface area (Å²) in [5, 5.41) is 34.0. The molecule has 2 aliphatic heterocycles. The lowest BCUT2D eigenvalue weighted by Crippen LogP contribution is -2.45. The Bertz CT molecular complexity index is 3460. The quantitative estimate of drug-likeness (QED) is 0.0790. The second-order valence-corrected chi connectivity index (χ2v) is 19.3. The van der Waals surface area contributed by atoms with Crippen LogP contribution in [0.3, 0.4) is 0 Å². The summed E-state index contributed by atoms with van der Waals surface area (Å²) < 4.78 is 30.6. The lowest BCUT2D eigenvalue weighted by atomic mass is 10.0. The Balaban J connectivity index is 0.000000208. The molecule has 8 heterocycles. The van der Waals surface area contributed by atoms with Gasteiger partial charge in [-0.05, 0) is 93.8 Å². The van der Waals surface area contributed by atoms with E-state index in [9.17, 15) is 38.2 Å². The number of aryl methyl sites for hydroxylation is 4. The van der Waals surface area contributed by atoms with Crippen molar-refractivity contribution in [1.29, 1.82) is 0 Å². The first-order valence-electron chi connectivity index (χ1n) is 25.1. The number of alkyl halides is 2. The summed E-state index contributed by atoms with van der Waals surface area (Å²) in [5.74, 6) is -1.25. The lowest BCUT2D eigenvalue weighted by molar-refractivity contribution is -0.137. The molecule has 2 fully saturated rings. The number of pyridine rings is 2. The molecule has 0 saturated carbocycles. The Kier molecular flexibility index (Phi) is 21.6. The van der Waals surface area contributed by atoms with Crippen molar-refractivity contribution in [2.45, 2.75) is 103 Å². The number of fused-ring (bicyclic) bond motifs is 2. The third-order valence-electron chi connectivity index (χ3n) is 13.5. The minimum atomic E-state index is -1.23. The van der Waals surface area contributed by atoms with E-state index in [2.05, 4.69) is 57.6 Å². The van der Waals surface area contributed by atoms with Gasteiger partial charge in [-0.2, -0.15) is 13.5 Å². The van der Waals surface area contributed by atoms with E-state index in [0.29, 0.717) is 58.5 Å². The highest BCUT2D eigenvalue weighted by molar-refractivity contribution is 8.07. The molecule has 2 saturated heterocycles. The van der Waals surface area contributed by atoms with Crippen LogP contribution >= 0.6 is 13.5 Å². The molecule has 0 aliphatic carbocycles. The van der Waals surface area contributed by atoms with Crippen LogP contribution in [0.15, 0.2) is 110 Å². The third-order valence-corrected chi connectivity index (χ3v) is 13.5. The summed E-state index contributed by atoms with van der Waals surface area (Å²) in [7, 11) is 0. The predicted octanol–water partition coefficient (Wildman–Crippen LogP) is 5.44. The van der Waals surface area contributed by atoms with Crippen molar-refractivity contribution in [1.82, 2.24) is 49.3 Å². The Morgan fingerprint density at radius 3 is 1.55 bits per heavy atom. The van der Waals surface area contributed by atoms with E-state index in [0.717, 1.165) is 39.3 Å². The van der Waals surface area contributed by atoms with E-state index >= 15 is 0 Å². The van der Waals surface area contributed by atoms with Gasteiger partial charge in [-0.15, -0.1) is 0 Å². The molecule has 10 rings (SSSR count). The molecule has 8 aromatic rings. The molecule has 2 unspecified atom stereocenters. The van der Waals surface area contributed by atoms with Crippen LogP contribution in [0.5, 0.6) is 0 Å². The van der Waals surface area contributed by atoms with Crippen LogP contribution < -0.4 is 16.8 Å². The zero-order valence-corrected chi connectivity index (χ0v) is 46.9. The molecular weight excluding hydrogens is 1090 g/mol. The lowest BCUT2D eigenvalue weighted by Gasteiger charge is -2.28. The highest BCUT2D eigenvalue weighted by Gasteiger charge is 2.40. The number of carbonyl (C=O) groups is 4. The van der Waals surface area contributed by atoms with E-state index in [1.54, 1.807) is 67.6 Å². The normalized spacial score (nSPS) is 17.2. The monoisotopic (exact) mass is 1150 g/mol. The molecule has 6 aromatic heterocycles. The number of benzene rings is 2. The topological polar surface area (TPSA) is 283 Å². The number of aliphatic hydroxyl groups is 2. The summed E-state index contributed by atoms with van der Waals surface area (Å²) in [5.41, 5.74) is 19.4. The summed E-state index contributed by atoms with van der Waals surface area (Å²) in [6.07, 6.45) is 7.37. The van der Waals surface area contributed by atoms with Gasteiger partial charge in [-0.25, -0.2) is 28.7 Å². The van der Waals surface area contributed by atoms with Gasteiger partial charge < -0.3 is 46.1 Å². The highest BCUT2D eigenvalue weighted by atomic mass is 32.8. The number of primary amides is 2. The van der Waals surface area contributed by atoms with Crippen molar-refractivity contribution < 1.29 is 43.3 Å². The first-order chi connectivity index (χ1) is 37.8. The van der Waals surface area contributed by atoms with Gasteiger partial charge in [0.15, 0.2) is 0 Å². The molecular formula is C56H62F2N12O7S3. The average Bonchev–Trinajstić information content (AvgIpc) is 4.35. The molecule has 0 radical (unpaired) electrons. The number of halogens is 2. The minimum Gasteiger partial charge on any atom is -0.480 e. The van der Waals surface area contributed by atoms with Crippen molar-refractivity contribution in [3.8, 4) is 22.3 Å². The Morgan fingerprint density at radius 1 is 0.662 bits per heavy atom. The third kappa shape index (κ3) is 15.6. The number of hydrogen-bond donors (Lipinski definition) is 6. The van der Waals surface area contributed by atoms with Gasteiger partial charge in [-0.3, -0.25) is 29.1 Å². The Morgan fingerprint density at radius 2 is 1.12 bits per heavy atom. The molecule has 0 spiro atoms. The molecule has 80 heavy (non-hydrogen) atoms. The standard InChI is InChI=1S/C28H29FN6O3.C16H14N4O3.C12H17FN2O.S2.H2S/c1-16-4-3-5-21(33-16)10-26(36)25-9-20(29)13-35(25)27(37)15-34-14-23(28(30)38)22-8-18(6-7-24(22)34)19-11-31-17(2)32-12-19;1-9-18-5-11(6-19-9)10-2-3-14-12(4-10)13(16(17)23)7-20(14)8-15(21)22;1-8-3-2-4-10(15-8)6-12(16)11-5-9(13)7-14-11;1-2;/h3-8,11-12,14,20,25-26,36H,9-10,13,15H2,1-2H3,(H2,30,38);2-7H,8H2,1H3,(H2,17,23)(H,21,22);2-4,9,11-12,14,16H,5-7H2,1H3;;1H2/t20-,25+,26?;;9-,11+,12?;;/m1.1../s1. The Hall–Kier alpha value is -7.61. The number of carbonyl (C=O) groups excluding carboxylic acids is 3. The smallest absolute Gasteiger partial charge is 0.323 e. The number of rotatable bonds is 14. The molecule has 2 aliphatic rings. The first kappa shape index (κ1) is 61.6. The molecule has 19 nitrogen and oxygen atoms in total. The molecule has 3 amide bonds. The number of aliphatic hydroxyl groups excluding tert-OH is 2. The number of aromatic nitrogens is 8. The van der Waals surface area contributed by atoms with E-state index in [-0.39, 0.29) is 69.0 Å². The van der Waals surface area contributed by atoms with Crippen LogP contribution in [0.1, 0.15) is 68.0 Å². The summed E-state index contributed by atoms with van der Waals surface area (Å²) >= 11 is 7.33. The number of likely N-dealkylation sites (tertiary alicyclic amines) is 1. The molecule has 6 atom stereocenters. The van der Waals surface area contributed by atoms with E-state index < -0.39 is 48.4 Å². The van der Waals surface area contributed by atoms with Gasteiger partial charge in [0.25, 0.3) is 11.8 Å². The van der Waals surface area contributed by atoms with Crippen LogP contribution in [0.25, 0.3) is 44.1 Å². The van der Waals surface area contributed by atoms with Gasteiger partial charge in [0.2, 0.25) is 5.91 Å². The number of aliphatic carboxylic acids is 1. The summed E-state index contributed by atoms with van der Waals surface area (Å²) in [6.45, 7) is 7.25. The number of hydrogen-bond acceptors (Lipinski definition) is 15. The van der Waals surface area contributed by atoms with Crippen molar-refractivity contribution in [2.24, 2.45) is 11.5 Å². The van der Waals surface area contributed by atoms with E-state index in [4.69, 9.17) is 16.6 Å². The fourth-order valence-corrected chi connectivity index (χ4v) is 9.69. The largest absolute Gasteiger partial charge is 0.480 e. The molecule has 8 N–H and O–H groups in total. The maximum Gasteiger partial charge on any atom is 0.323 e. The van der Waals surface area contributed by atoms with E-state index in [1.165, 1.54) is 15.7 Å². The van der Waals surface area contributed by atoms with Crippen LogP contribution in [0.4, 0.5) is 8.78 Å². The minimum absolute atomic E-state index is 0. The number of nitrogens with zero attached hydrogens (tertiary/aromatic N) is 9. The van der Waals surface area contributed by atoms with Gasteiger partial charge in [0.1, 0.15) is 37.1 Å². The maximum absolute atomic E-state index is 14.5. The fraction of sp³-hybridized carbons (Fsp3) is 0.321. The zero-order valence-electron chi connectivity index (χ0n) is 44.2. The number of carboxylic acid groups (broad SMARTS) is 1. The molecule has 0 bridgehead atoms. The fourth-order valence-electron chi connectivity index (χ4n) is 9.69. The predicted molar refractivity (Wildman–Crippen MR) is 309 cm³/mol. The average molecular weight is 1150 g/mol. The maximum atomic E-state index is 14.5. The van der Waals surface area contributed by atoms with Gasteiger partial charge >= 0.3 is 5.97 Å². The highest BCUT2D eigenvalue weighted by Crippen LogP contribution is 2.31. The first-order valence-corrected chi connectivity index (χ1v) is 26.5. The van der Waals surface area contributed by atoms with Crippen LogP contribution in [0.2, 0.25) is 0 Å². The molecule has 24 heteroatoms. The summed E-state index contributed by atoms with van der Waals surface area (Å²) in [4.78, 5) is 75.1. The summed E-state index contributed by atoms with van der Waals surface area (Å²) in [6, 6.07) is 21.3. The van der Waals surface area contributed by atoms with E-state index in [1.807, 2.05) is 68.4 Å². The van der Waals surface area contributed by atoms with Gasteiger partial charge in [0, 0.05) is 147 Å². The second kappa shape index (κ2) is 28.0. The number of amides is 3. The van der Waals surface area contributed by atoms with Crippen LogP contribution in [0, 0.1) is 27.7 Å². The molecule has 420 valence electrons. The van der Waals surface area contributed by atoms with Gasteiger partial charge in [-0.1, -0.05) is 24.3 Å². The number of nitrogens with one attached hydrogen (secondary N) is 1. The van der Waals surface area contributed by atoms with Crippen molar-refractivity contribution in [3.63, 3.8) is 0 Å². The van der Waals surface area contributed by atoms with Crippen LogP contribution in [-0.2, 0) is 57.9 Å².